The van der Waals surface area contributed by atoms with Crippen molar-refractivity contribution >= 4 is 11.8 Å². The van der Waals surface area contributed by atoms with Crippen LogP contribution in [0.2, 0.25) is 0 Å². The normalized spacial score (nSPS) is 11.7. The monoisotopic (exact) mass is 212 g/mol. The summed E-state index contributed by atoms with van der Waals surface area (Å²) in [5.74, 6) is 4.93. The first-order valence-corrected chi connectivity index (χ1v) is 4.57. The van der Waals surface area contributed by atoms with Crippen LogP contribution in [0.4, 0.5) is 0 Å². The fraction of sp³-hybridized carbons (Fsp3) is 0.667. The van der Waals surface area contributed by atoms with Crippen molar-refractivity contribution in [1.29, 1.82) is 5.26 Å². The molecule has 0 aromatic carbocycles. The minimum Gasteiger partial charge on any atom is -0.470 e. The lowest BCUT2D eigenvalue weighted by atomic mass is 10.1. The second-order valence-corrected chi connectivity index (χ2v) is 3.45. The first-order chi connectivity index (χ1) is 6.95. The lowest BCUT2D eigenvalue weighted by Gasteiger charge is -2.17. The van der Waals surface area contributed by atoms with Gasteiger partial charge in [0.15, 0.2) is 6.61 Å². The molecule has 0 aromatic rings. The summed E-state index contributed by atoms with van der Waals surface area (Å²) in [6.07, 6.45) is 0.519. The molecular formula is C9H16N4O2. The van der Waals surface area contributed by atoms with E-state index < -0.39 is 5.54 Å². The van der Waals surface area contributed by atoms with Gasteiger partial charge in [-0.05, 0) is 13.8 Å². The summed E-state index contributed by atoms with van der Waals surface area (Å²) in [6, 6.07) is 1.95. The smallest absolute Gasteiger partial charge is 0.259 e. The summed E-state index contributed by atoms with van der Waals surface area (Å²) in [5.41, 5.74) is -0.896. The fourth-order valence-corrected chi connectivity index (χ4v) is 0.792. The van der Waals surface area contributed by atoms with Gasteiger partial charge in [0.2, 0.25) is 5.90 Å². The van der Waals surface area contributed by atoms with E-state index in [4.69, 9.17) is 15.8 Å². The first kappa shape index (κ1) is 13.2. The van der Waals surface area contributed by atoms with Crippen molar-refractivity contribution in [3.63, 3.8) is 0 Å². The van der Waals surface area contributed by atoms with Gasteiger partial charge in [0.1, 0.15) is 5.54 Å². The molecule has 0 rings (SSSR count). The molecule has 0 aliphatic rings. The van der Waals surface area contributed by atoms with Gasteiger partial charge in [-0.2, -0.15) is 5.26 Å². The highest BCUT2D eigenvalue weighted by atomic mass is 16.5. The zero-order valence-electron chi connectivity index (χ0n) is 9.20. The molecule has 3 N–H and O–H groups in total. The van der Waals surface area contributed by atoms with Crippen molar-refractivity contribution in [2.24, 2.45) is 10.9 Å². The molecule has 0 heterocycles. The van der Waals surface area contributed by atoms with Crippen LogP contribution in [-0.2, 0) is 9.53 Å². The number of nitriles is 1. The number of nitrogens with two attached hydrogens (primary N) is 1. The average molecular weight is 212 g/mol. The Hall–Kier alpha value is -1.77. The van der Waals surface area contributed by atoms with Crippen LogP contribution in [0.25, 0.3) is 0 Å². The Balaban J connectivity index is 4.02. The summed E-state index contributed by atoms with van der Waals surface area (Å²) >= 11 is 0. The zero-order chi connectivity index (χ0) is 11.9. The number of carbonyl (C=O) groups excluding carboxylic acids is 1. The molecule has 6 heteroatoms. The van der Waals surface area contributed by atoms with Crippen LogP contribution >= 0.6 is 0 Å². The highest BCUT2D eigenvalue weighted by Crippen LogP contribution is 1.98. The number of amides is 1. The van der Waals surface area contributed by atoms with Crippen LogP contribution in [0, 0.1) is 11.3 Å². The number of nitrogens with zero attached hydrogens (tertiary/aromatic N) is 2. The number of ether oxygens (including phenoxy) is 1. The topological polar surface area (TPSA) is 100 Å². The van der Waals surface area contributed by atoms with Crippen LogP contribution in [0.15, 0.2) is 5.10 Å². The Morgan fingerprint density at radius 1 is 1.67 bits per heavy atom. The SMILES string of the molecule is CCC(=NN)OCC(=O)NC(C)(C)C#N. The highest BCUT2D eigenvalue weighted by molar-refractivity contribution is 5.82. The van der Waals surface area contributed by atoms with Gasteiger partial charge < -0.3 is 15.9 Å². The molecule has 1 amide bonds. The van der Waals surface area contributed by atoms with E-state index in [-0.39, 0.29) is 12.5 Å². The molecule has 84 valence electrons. The molecular weight excluding hydrogens is 196 g/mol. The fourth-order valence-electron chi connectivity index (χ4n) is 0.792. The number of carbonyl (C=O) groups is 1. The third-order valence-electron chi connectivity index (χ3n) is 1.55. The van der Waals surface area contributed by atoms with Gasteiger partial charge in [-0.1, -0.05) is 6.92 Å². The van der Waals surface area contributed by atoms with Crippen molar-refractivity contribution < 1.29 is 9.53 Å². The second-order valence-electron chi connectivity index (χ2n) is 3.45. The van der Waals surface area contributed by atoms with E-state index in [2.05, 4.69) is 10.4 Å². The number of rotatable bonds is 4. The summed E-state index contributed by atoms with van der Waals surface area (Å²) in [7, 11) is 0. The first-order valence-electron chi connectivity index (χ1n) is 4.57. The van der Waals surface area contributed by atoms with E-state index in [1.165, 1.54) is 0 Å². The van der Waals surface area contributed by atoms with E-state index in [9.17, 15) is 4.79 Å². The molecule has 0 unspecified atom stereocenters. The summed E-state index contributed by atoms with van der Waals surface area (Å²) in [6.45, 7) is 4.82. The second kappa shape index (κ2) is 5.86. The minimum absolute atomic E-state index is 0.186. The standard InChI is InChI=1S/C9H16N4O2/c1-4-8(13-11)15-5-7(14)12-9(2,3)6-10/h4-5,11H2,1-3H3,(H,12,14). The Bertz CT molecular complexity index is 291. The van der Waals surface area contributed by atoms with Gasteiger partial charge in [-0.25, -0.2) is 0 Å². The largest absolute Gasteiger partial charge is 0.470 e. The maximum absolute atomic E-state index is 11.3. The van der Waals surface area contributed by atoms with E-state index in [0.717, 1.165) is 0 Å². The molecule has 15 heavy (non-hydrogen) atoms. The van der Waals surface area contributed by atoms with Crippen LogP contribution in [-0.4, -0.2) is 24.0 Å². The zero-order valence-corrected chi connectivity index (χ0v) is 9.20. The molecule has 0 spiro atoms. The van der Waals surface area contributed by atoms with Gasteiger partial charge in [0.05, 0.1) is 6.07 Å². The minimum atomic E-state index is -0.896. The Labute approximate surface area is 89.1 Å². The van der Waals surface area contributed by atoms with Gasteiger partial charge in [-0.3, -0.25) is 4.79 Å². The molecule has 0 aliphatic heterocycles. The van der Waals surface area contributed by atoms with E-state index in [1.807, 2.05) is 13.0 Å². The molecule has 0 bridgehead atoms. The van der Waals surface area contributed by atoms with Crippen molar-refractivity contribution in [2.75, 3.05) is 6.61 Å². The van der Waals surface area contributed by atoms with Crippen molar-refractivity contribution in [1.82, 2.24) is 5.32 Å². The Kier molecular flexibility index (Phi) is 5.16. The Morgan fingerprint density at radius 2 is 2.27 bits per heavy atom. The predicted molar refractivity (Wildman–Crippen MR) is 55.7 cm³/mol. The van der Waals surface area contributed by atoms with Gasteiger partial charge >= 0.3 is 0 Å². The predicted octanol–water partition coefficient (Wildman–Crippen LogP) is 0.104. The third kappa shape index (κ3) is 5.52. The number of hydrazone groups is 1. The van der Waals surface area contributed by atoms with E-state index in [0.29, 0.717) is 12.3 Å². The summed E-state index contributed by atoms with van der Waals surface area (Å²) < 4.78 is 5.00. The number of nitrogens with one attached hydrogen (secondary N) is 1. The molecule has 0 aliphatic carbocycles. The molecule has 0 radical (unpaired) electrons. The Morgan fingerprint density at radius 3 is 2.67 bits per heavy atom. The van der Waals surface area contributed by atoms with Crippen molar-refractivity contribution in [3.8, 4) is 6.07 Å². The van der Waals surface area contributed by atoms with Crippen LogP contribution < -0.4 is 11.2 Å². The van der Waals surface area contributed by atoms with E-state index in [1.54, 1.807) is 13.8 Å². The highest BCUT2D eigenvalue weighted by Gasteiger charge is 2.19. The third-order valence-corrected chi connectivity index (χ3v) is 1.55. The maximum Gasteiger partial charge on any atom is 0.259 e. The van der Waals surface area contributed by atoms with Crippen LogP contribution in [0.3, 0.4) is 0 Å². The summed E-state index contributed by atoms with van der Waals surface area (Å²) in [4.78, 5) is 11.3. The quantitative estimate of drug-likeness (QED) is 0.299. The van der Waals surface area contributed by atoms with E-state index >= 15 is 0 Å². The molecule has 6 nitrogen and oxygen atoms in total. The lowest BCUT2D eigenvalue weighted by molar-refractivity contribution is -0.124. The number of hydrogen-bond donors (Lipinski definition) is 2. The van der Waals surface area contributed by atoms with Gasteiger partial charge in [0, 0.05) is 6.42 Å². The maximum atomic E-state index is 11.3. The average Bonchev–Trinajstić information content (AvgIpc) is 2.19. The molecule has 0 aromatic heterocycles. The summed E-state index contributed by atoms with van der Waals surface area (Å²) in [5, 5.41) is 14.5. The van der Waals surface area contributed by atoms with Gasteiger partial charge in [0.25, 0.3) is 5.91 Å². The molecule has 0 fully saturated rings. The molecule has 0 saturated heterocycles. The van der Waals surface area contributed by atoms with Gasteiger partial charge in [-0.15, -0.1) is 5.10 Å². The number of hydrogen-bond acceptors (Lipinski definition) is 5. The van der Waals surface area contributed by atoms with Crippen LogP contribution in [0.1, 0.15) is 27.2 Å². The molecule has 0 atom stereocenters. The molecule has 0 saturated carbocycles. The van der Waals surface area contributed by atoms with Crippen molar-refractivity contribution in [2.45, 2.75) is 32.7 Å². The van der Waals surface area contributed by atoms with Crippen LogP contribution in [0.5, 0.6) is 0 Å². The lowest BCUT2D eigenvalue weighted by Crippen LogP contribution is -2.44. The van der Waals surface area contributed by atoms with Crippen molar-refractivity contribution in [3.05, 3.63) is 0 Å².